The first kappa shape index (κ1) is 25.7. The molecule has 0 aromatic heterocycles. The van der Waals surface area contributed by atoms with E-state index in [0.29, 0.717) is 27.9 Å². The van der Waals surface area contributed by atoms with E-state index in [0.717, 1.165) is 11.1 Å². The average molecular weight is 479 g/mol. The summed E-state index contributed by atoms with van der Waals surface area (Å²) in [4.78, 5) is 46.3. The molecule has 182 valence electrons. The number of hydroxylamine groups is 1. The maximum atomic E-state index is 13.1. The number of aromatic carboxylic acids is 1. The molecule has 0 atom stereocenters. The van der Waals surface area contributed by atoms with Gasteiger partial charge in [-0.25, -0.2) is 15.2 Å². The van der Waals surface area contributed by atoms with E-state index in [-0.39, 0.29) is 30.1 Å². The molecule has 9 heteroatoms. The van der Waals surface area contributed by atoms with Crippen LogP contribution in [0.5, 0.6) is 0 Å². The van der Waals surface area contributed by atoms with Gasteiger partial charge in [-0.05, 0) is 78.1 Å². The highest BCUT2D eigenvalue weighted by molar-refractivity contribution is 6.11. The van der Waals surface area contributed by atoms with E-state index in [1.54, 1.807) is 50.4 Å². The summed E-state index contributed by atoms with van der Waals surface area (Å²) in [6.45, 7) is 3.38. The molecule has 4 N–H and O–H groups in total. The van der Waals surface area contributed by atoms with Gasteiger partial charge in [0.25, 0.3) is 5.91 Å². The fraction of sp³-hybridized carbons (Fsp3) is 0.192. The highest BCUT2D eigenvalue weighted by atomic mass is 17.1. The zero-order valence-corrected chi connectivity index (χ0v) is 19.5. The molecular formula is C26H26N2O7. The van der Waals surface area contributed by atoms with Crippen LogP contribution < -0.4 is 10.8 Å². The van der Waals surface area contributed by atoms with Crippen LogP contribution in [0.1, 0.15) is 54.7 Å². The van der Waals surface area contributed by atoms with Crippen LogP contribution in [-0.2, 0) is 22.9 Å². The van der Waals surface area contributed by atoms with Gasteiger partial charge in [0, 0.05) is 18.3 Å². The van der Waals surface area contributed by atoms with Crippen LogP contribution in [0.3, 0.4) is 0 Å². The Morgan fingerprint density at radius 3 is 2.26 bits per heavy atom. The molecule has 0 aliphatic rings. The predicted octanol–water partition coefficient (Wildman–Crippen LogP) is 4.46. The summed E-state index contributed by atoms with van der Waals surface area (Å²) in [5.74, 6) is -2.01. The number of aryl methyl sites for hydroxylation is 1. The molecule has 0 heterocycles. The zero-order valence-electron chi connectivity index (χ0n) is 19.5. The molecule has 3 rings (SSSR count). The van der Waals surface area contributed by atoms with Crippen LogP contribution in [0, 0.1) is 6.92 Å². The van der Waals surface area contributed by atoms with Crippen molar-refractivity contribution in [1.82, 2.24) is 5.48 Å². The number of carbonyl (C=O) groups is 3. The lowest BCUT2D eigenvalue weighted by atomic mass is 9.95. The van der Waals surface area contributed by atoms with Crippen molar-refractivity contribution in [2.75, 3.05) is 12.4 Å². The minimum atomic E-state index is -1.24. The summed E-state index contributed by atoms with van der Waals surface area (Å²) in [6, 6.07) is 14.8. The first-order valence-corrected chi connectivity index (χ1v) is 10.7. The van der Waals surface area contributed by atoms with Crippen molar-refractivity contribution in [1.29, 1.82) is 0 Å². The lowest BCUT2D eigenvalue weighted by molar-refractivity contribution is -0.253. The molecule has 0 fully saturated rings. The first-order valence-electron chi connectivity index (χ1n) is 10.7. The number of carboxylic acids is 1. The number of benzene rings is 3. The Kier molecular flexibility index (Phi) is 8.45. The number of nitrogens with one attached hydrogen (secondary N) is 2. The monoisotopic (exact) mass is 478 g/mol. The molecule has 0 unspecified atom stereocenters. The number of carbonyl (C=O) groups excluding carboxylic acids is 2. The molecule has 3 aromatic carbocycles. The third-order valence-electron chi connectivity index (χ3n) is 5.37. The Labute approximate surface area is 202 Å². The van der Waals surface area contributed by atoms with Crippen LogP contribution in [0.25, 0.3) is 11.1 Å². The molecule has 35 heavy (non-hydrogen) atoms. The van der Waals surface area contributed by atoms with Gasteiger partial charge in [-0.3, -0.25) is 19.7 Å². The second-order valence-electron chi connectivity index (χ2n) is 7.91. The van der Waals surface area contributed by atoms with E-state index in [1.165, 1.54) is 19.1 Å². The fourth-order valence-corrected chi connectivity index (χ4v) is 3.66. The summed E-state index contributed by atoms with van der Waals surface area (Å²) < 4.78 is 0. The summed E-state index contributed by atoms with van der Waals surface area (Å²) in [7, 11) is 1.62. The van der Waals surface area contributed by atoms with Gasteiger partial charge in [0.1, 0.15) is 6.61 Å². The van der Waals surface area contributed by atoms with E-state index in [2.05, 4.69) is 15.7 Å². The van der Waals surface area contributed by atoms with Crippen LogP contribution in [-0.4, -0.2) is 35.1 Å². The number of Topliss-reactive ketones (excluding diaryl/α,β-unsaturated/α-hetero) is 1. The van der Waals surface area contributed by atoms with E-state index < -0.39 is 11.9 Å². The second kappa shape index (κ2) is 11.5. The normalized spacial score (nSPS) is 10.7. The number of rotatable bonds is 10. The van der Waals surface area contributed by atoms with Crippen molar-refractivity contribution in [3.8, 4) is 11.1 Å². The molecule has 0 spiro atoms. The number of carboxylic acid groups (broad SMARTS) is 1. The Hall–Kier alpha value is -3.89. The van der Waals surface area contributed by atoms with Gasteiger partial charge in [-0.1, -0.05) is 18.2 Å². The Bertz CT molecular complexity index is 1270. The van der Waals surface area contributed by atoms with Gasteiger partial charge in [0.2, 0.25) is 0 Å². The van der Waals surface area contributed by atoms with Gasteiger partial charge in [0.15, 0.2) is 5.78 Å². The molecule has 0 bridgehead atoms. The third kappa shape index (κ3) is 6.37. The molecule has 3 aromatic rings. The first-order chi connectivity index (χ1) is 16.7. The topological polar surface area (TPSA) is 134 Å². The second-order valence-corrected chi connectivity index (χ2v) is 7.91. The van der Waals surface area contributed by atoms with E-state index in [9.17, 15) is 19.5 Å². The highest BCUT2D eigenvalue weighted by Gasteiger charge is 2.19. The van der Waals surface area contributed by atoms with Gasteiger partial charge < -0.3 is 10.4 Å². The van der Waals surface area contributed by atoms with Crippen molar-refractivity contribution < 1.29 is 34.5 Å². The minimum absolute atomic E-state index is 0.0309. The van der Waals surface area contributed by atoms with Crippen LogP contribution in [0.4, 0.5) is 5.69 Å². The standard InChI is InChI=1S/C26H26N2O7/c1-15-8-20(16(2)29)11-22(9-15)28-25(30)24-12-18(6-7-23(24)26(31)32)17-4-5-19(14-35-33)21(10-17)13-34-27-3/h4-12,27,33H,13-14H2,1-3H3,(H,28,30)(H,31,32). The Morgan fingerprint density at radius 1 is 0.886 bits per heavy atom. The fourth-order valence-electron chi connectivity index (χ4n) is 3.66. The SMILES string of the molecule is CNOCc1cc(-c2ccc(C(=O)O)c(C(=O)Nc3cc(C)cc(C(C)=O)c3)c2)ccc1COO. The highest BCUT2D eigenvalue weighted by Crippen LogP contribution is 2.27. The summed E-state index contributed by atoms with van der Waals surface area (Å²) in [5, 5.41) is 21.2. The number of hydrogen-bond donors (Lipinski definition) is 4. The average Bonchev–Trinajstić information content (AvgIpc) is 2.82. The lowest BCUT2D eigenvalue weighted by Crippen LogP contribution is -2.17. The maximum absolute atomic E-state index is 13.1. The van der Waals surface area contributed by atoms with Crippen molar-refractivity contribution >= 4 is 23.3 Å². The van der Waals surface area contributed by atoms with Gasteiger partial charge >= 0.3 is 5.97 Å². The molecule has 0 radical (unpaired) electrons. The Balaban J connectivity index is 2.01. The van der Waals surface area contributed by atoms with Crippen molar-refractivity contribution in [3.05, 3.63) is 88.0 Å². The van der Waals surface area contributed by atoms with Crippen molar-refractivity contribution in [2.45, 2.75) is 27.1 Å². The van der Waals surface area contributed by atoms with Crippen LogP contribution in [0.2, 0.25) is 0 Å². The lowest BCUT2D eigenvalue weighted by Gasteiger charge is -2.14. The van der Waals surface area contributed by atoms with Crippen molar-refractivity contribution in [2.24, 2.45) is 0 Å². The molecule has 1 amide bonds. The molecular weight excluding hydrogens is 452 g/mol. The summed E-state index contributed by atoms with van der Waals surface area (Å²) in [5.41, 5.74) is 6.76. The van der Waals surface area contributed by atoms with Gasteiger partial charge in [-0.15, -0.1) is 0 Å². The molecule has 0 aliphatic heterocycles. The number of amides is 1. The molecule has 0 aliphatic carbocycles. The number of hydrogen-bond acceptors (Lipinski definition) is 7. The number of ketones is 1. The van der Waals surface area contributed by atoms with E-state index >= 15 is 0 Å². The van der Waals surface area contributed by atoms with Crippen LogP contribution in [0.15, 0.2) is 54.6 Å². The Morgan fingerprint density at radius 2 is 1.60 bits per heavy atom. The minimum Gasteiger partial charge on any atom is -0.478 e. The molecule has 9 nitrogen and oxygen atoms in total. The maximum Gasteiger partial charge on any atom is 0.336 e. The van der Waals surface area contributed by atoms with Gasteiger partial charge in [-0.2, -0.15) is 0 Å². The van der Waals surface area contributed by atoms with Crippen molar-refractivity contribution in [3.63, 3.8) is 0 Å². The van der Waals surface area contributed by atoms with E-state index in [1.807, 2.05) is 6.07 Å². The van der Waals surface area contributed by atoms with Crippen LogP contribution >= 0.6 is 0 Å². The van der Waals surface area contributed by atoms with Gasteiger partial charge in [0.05, 0.1) is 17.7 Å². The molecule has 0 saturated carbocycles. The quantitative estimate of drug-likeness (QED) is 0.191. The largest absolute Gasteiger partial charge is 0.478 e. The van der Waals surface area contributed by atoms with E-state index in [4.69, 9.17) is 10.1 Å². The summed E-state index contributed by atoms with van der Waals surface area (Å²) >= 11 is 0. The molecule has 0 saturated heterocycles. The predicted molar refractivity (Wildman–Crippen MR) is 129 cm³/mol. The smallest absolute Gasteiger partial charge is 0.336 e. The third-order valence-corrected chi connectivity index (χ3v) is 5.37. The number of anilines is 1. The zero-order chi connectivity index (χ0) is 25.5. The summed E-state index contributed by atoms with van der Waals surface area (Å²) in [6.07, 6.45) is 0.